The monoisotopic (exact) mass is 210 g/mol. The Bertz CT molecular complexity index is 275. The zero-order valence-electron chi connectivity index (χ0n) is 9.32. The first kappa shape index (κ1) is 13.7. The number of aliphatic hydroxyl groups is 1. The summed E-state index contributed by atoms with van der Waals surface area (Å²) in [6.45, 7) is 7.24. The minimum atomic E-state index is -0.425. The fraction of sp³-hybridized carbons (Fsp3) is 0.417. The fourth-order valence-corrected chi connectivity index (χ4v) is 0.922. The van der Waals surface area contributed by atoms with Crippen molar-refractivity contribution >= 4 is 5.97 Å². The van der Waals surface area contributed by atoms with Gasteiger partial charge in [-0.05, 0) is 18.9 Å². The van der Waals surface area contributed by atoms with Gasteiger partial charge in [0.15, 0.2) is 0 Å². The second kappa shape index (κ2) is 8.00. The van der Waals surface area contributed by atoms with Crippen molar-refractivity contribution in [2.45, 2.75) is 20.3 Å². The Kier molecular flexibility index (Phi) is 7.28. The summed E-state index contributed by atoms with van der Waals surface area (Å²) in [5.41, 5.74) is 1.25. The molecule has 0 saturated heterocycles. The largest absolute Gasteiger partial charge is 0.460 e. The van der Waals surface area contributed by atoms with Crippen molar-refractivity contribution in [1.29, 1.82) is 0 Å². The summed E-state index contributed by atoms with van der Waals surface area (Å²) in [5, 5.41) is 8.54. The number of carbonyl (C=O) groups excluding carboxylic acids is 1. The van der Waals surface area contributed by atoms with Crippen LogP contribution in [0.25, 0.3) is 0 Å². The zero-order chi connectivity index (χ0) is 11.7. The Morgan fingerprint density at radius 2 is 2.20 bits per heavy atom. The van der Waals surface area contributed by atoms with Crippen LogP contribution in [0.4, 0.5) is 0 Å². The highest BCUT2D eigenvalue weighted by molar-refractivity contribution is 5.92. The van der Waals surface area contributed by atoms with Gasteiger partial charge in [0.1, 0.15) is 6.61 Å². The Hall–Kier alpha value is -1.35. The van der Waals surface area contributed by atoms with Crippen LogP contribution in [0.5, 0.6) is 0 Å². The Morgan fingerprint density at radius 1 is 1.53 bits per heavy atom. The molecule has 3 heteroatoms. The average Bonchev–Trinajstić information content (AvgIpc) is 2.26. The predicted molar refractivity (Wildman–Crippen MR) is 60.4 cm³/mol. The molecule has 0 fully saturated rings. The van der Waals surface area contributed by atoms with E-state index in [1.807, 2.05) is 13.0 Å². The van der Waals surface area contributed by atoms with Gasteiger partial charge in [0.25, 0.3) is 0 Å². The second-order valence-electron chi connectivity index (χ2n) is 2.97. The van der Waals surface area contributed by atoms with Crippen LogP contribution in [0.2, 0.25) is 0 Å². The molecule has 0 aromatic carbocycles. The number of ether oxygens (including phenoxy) is 1. The number of hydrogen-bond acceptors (Lipinski definition) is 3. The van der Waals surface area contributed by atoms with Crippen molar-refractivity contribution in [3.05, 3.63) is 36.0 Å². The van der Waals surface area contributed by atoms with Crippen LogP contribution in [0.3, 0.4) is 0 Å². The molecule has 3 nitrogen and oxygen atoms in total. The van der Waals surface area contributed by atoms with E-state index in [0.29, 0.717) is 5.57 Å². The molecule has 0 bridgehead atoms. The minimum absolute atomic E-state index is 0.0206. The van der Waals surface area contributed by atoms with E-state index in [2.05, 4.69) is 6.58 Å². The molecule has 1 N–H and O–H groups in total. The lowest BCUT2D eigenvalue weighted by molar-refractivity contribution is -0.139. The number of hydrogen-bond donors (Lipinski definition) is 1. The van der Waals surface area contributed by atoms with Gasteiger partial charge in [-0.2, -0.15) is 0 Å². The van der Waals surface area contributed by atoms with Gasteiger partial charge in [-0.15, -0.1) is 0 Å². The van der Waals surface area contributed by atoms with Crippen LogP contribution >= 0.6 is 0 Å². The maximum atomic E-state index is 11.5. The maximum absolute atomic E-state index is 11.5. The standard InChI is InChI=1S/C12H18O3/c1-4-6-7-11(10(3)5-2)12(14)15-9-8-13/h5-7,13H,2,4,8-9H2,1,3H3. The van der Waals surface area contributed by atoms with Crippen LogP contribution in [-0.2, 0) is 9.53 Å². The molecule has 0 atom stereocenters. The van der Waals surface area contributed by atoms with E-state index in [1.54, 1.807) is 19.1 Å². The molecule has 0 aliphatic heterocycles. The molecular formula is C12H18O3. The van der Waals surface area contributed by atoms with E-state index in [1.165, 1.54) is 0 Å². The van der Waals surface area contributed by atoms with Crippen molar-refractivity contribution in [2.75, 3.05) is 13.2 Å². The maximum Gasteiger partial charge on any atom is 0.338 e. The molecular weight excluding hydrogens is 192 g/mol. The lowest BCUT2D eigenvalue weighted by Crippen LogP contribution is -2.11. The van der Waals surface area contributed by atoms with Crippen molar-refractivity contribution in [2.24, 2.45) is 0 Å². The molecule has 84 valence electrons. The van der Waals surface area contributed by atoms with E-state index >= 15 is 0 Å². The molecule has 0 rings (SSSR count). The highest BCUT2D eigenvalue weighted by Crippen LogP contribution is 2.09. The summed E-state index contributed by atoms with van der Waals surface area (Å²) < 4.78 is 4.83. The van der Waals surface area contributed by atoms with Crippen molar-refractivity contribution in [3.8, 4) is 0 Å². The van der Waals surface area contributed by atoms with Gasteiger partial charge < -0.3 is 9.84 Å². The lowest BCUT2D eigenvalue weighted by Gasteiger charge is -2.05. The third kappa shape index (κ3) is 5.18. The van der Waals surface area contributed by atoms with Gasteiger partial charge in [-0.1, -0.05) is 31.7 Å². The van der Waals surface area contributed by atoms with Gasteiger partial charge in [0.05, 0.1) is 12.2 Å². The van der Waals surface area contributed by atoms with Gasteiger partial charge in [0.2, 0.25) is 0 Å². The molecule has 0 aromatic rings. The van der Waals surface area contributed by atoms with Gasteiger partial charge in [-0.25, -0.2) is 4.79 Å². The number of esters is 1. The third-order valence-electron chi connectivity index (χ3n) is 1.80. The highest BCUT2D eigenvalue weighted by Gasteiger charge is 2.09. The highest BCUT2D eigenvalue weighted by atomic mass is 16.5. The topological polar surface area (TPSA) is 46.5 Å². The zero-order valence-corrected chi connectivity index (χ0v) is 9.32. The first-order chi connectivity index (χ1) is 7.17. The SMILES string of the molecule is C=CC(C)=C(C=CCC)C(=O)OCCO. The van der Waals surface area contributed by atoms with Crippen LogP contribution in [-0.4, -0.2) is 24.3 Å². The van der Waals surface area contributed by atoms with Crippen LogP contribution in [0.15, 0.2) is 36.0 Å². The van der Waals surface area contributed by atoms with Crippen molar-refractivity contribution in [3.63, 3.8) is 0 Å². The molecule has 0 unspecified atom stereocenters. The Morgan fingerprint density at radius 3 is 2.67 bits per heavy atom. The molecule has 0 saturated carbocycles. The molecule has 0 amide bonds. The minimum Gasteiger partial charge on any atom is -0.460 e. The predicted octanol–water partition coefficient (Wildman–Crippen LogP) is 1.99. The van der Waals surface area contributed by atoms with E-state index in [4.69, 9.17) is 9.84 Å². The summed E-state index contributed by atoms with van der Waals surface area (Å²) in [5.74, 6) is -0.425. The molecule has 0 aliphatic rings. The van der Waals surface area contributed by atoms with Gasteiger partial charge >= 0.3 is 5.97 Å². The Balaban J connectivity index is 4.71. The fourth-order valence-electron chi connectivity index (χ4n) is 0.922. The van der Waals surface area contributed by atoms with E-state index in [0.717, 1.165) is 12.0 Å². The number of rotatable bonds is 6. The summed E-state index contributed by atoms with van der Waals surface area (Å²) in [7, 11) is 0. The van der Waals surface area contributed by atoms with Gasteiger partial charge in [-0.3, -0.25) is 0 Å². The number of allylic oxidation sites excluding steroid dienone is 3. The second-order valence-corrected chi connectivity index (χ2v) is 2.97. The first-order valence-electron chi connectivity index (χ1n) is 4.95. The number of aliphatic hydroxyl groups excluding tert-OH is 1. The van der Waals surface area contributed by atoms with Gasteiger partial charge in [0, 0.05) is 0 Å². The molecule has 0 radical (unpaired) electrons. The molecule has 0 heterocycles. The number of carbonyl (C=O) groups is 1. The van der Waals surface area contributed by atoms with E-state index in [9.17, 15) is 4.79 Å². The van der Waals surface area contributed by atoms with Crippen LogP contribution < -0.4 is 0 Å². The summed E-state index contributed by atoms with van der Waals surface area (Å²) in [6.07, 6.45) is 6.05. The Labute approximate surface area is 90.8 Å². The van der Waals surface area contributed by atoms with Crippen LogP contribution in [0, 0.1) is 0 Å². The molecule has 15 heavy (non-hydrogen) atoms. The molecule has 0 aliphatic carbocycles. The average molecular weight is 210 g/mol. The molecule has 0 aromatic heterocycles. The summed E-state index contributed by atoms with van der Waals surface area (Å²) >= 11 is 0. The third-order valence-corrected chi connectivity index (χ3v) is 1.80. The normalized spacial score (nSPS) is 12.5. The van der Waals surface area contributed by atoms with E-state index < -0.39 is 5.97 Å². The quantitative estimate of drug-likeness (QED) is 0.414. The molecule has 0 spiro atoms. The van der Waals surface area contributed by atoms with E-state index in [-0.39, 0.29) is 13.2 Å². The smallest absolute Gasteiger partial charge is 0.338 e. The van der Waals surface area contributed by atoms with Crippen molar-refractivity contribution < 1.29 is 14.6 Å². The first-order valence-corrected chi connectivity index (χ1v) is 4.95. The lowest BCUT2D eigenvalue weighted by atomic mass is 10.1. The van der Waals surface area contributed by atoms with Crippen LogP contribution in [0.1, 0.15) is 20.3 Å². The van der Waals surface area contributed by atoms with Crippen molar-refractivity contribution in [1.82, 2.24) is 0 Å². The summed E-state index contributed by atoms with van der Waals surface area (Å²) in [4.78, 5) is 11.5. The summed E-state index contributed by atoms with van der Waals surface area (Å²) in [6, 6.07) is 0.